The molecule has 1 N–H and O–H groups in total. The quantitative estimate of drug-likeness (QED) is 0.863. The summed E-state index contributed by atoms with van der Waals surface area (Å²) in [4.78, 5) is 25.2. The molecule has 2 aromatic rings. The molecule has 1 saturated heterocycles. The summed E-state index contributed by atoms with van der Waals surface area (Å²) in [5.41, 5.74) is 1.00. The van der Waals surface area contributed by atoms with Gasteiger partial charge in [0, 0.05) is 51.7 Å². The highest BCUT2D eigenvalue weighted by molar-refractivity contribution is 5.75. The van der Waals surface area contributed by atoms with Crippen molar-refractivity contribution >= 4 is 12.0 Å². The predicted molar refractivity (Wildman–Crippen MR) is 97.1 cm³/mol. The lowest BCUT2D eigenvalue weighted by Gasteiger charge is -2.35. The Hall–Kier alpha value is -2.84. The first kappa shape index (κ1) is 18.0. The fourth-order valence-electron chi connectivity index (χ4n) is 3.06. The molecule has 9 nitrogen and oxygen atoms in total. The standard InChI is InChI=1S/C17H25N7O2/c1-4-13(14-5-8-19-22(14)2)20-17(25)24-11-9-23(10-12-24)16-18-7-6-15(21-16)26-3/h5-8,13H,4,9-12H2,1-3H3,(H,20,25). The number of nitrogens with one attached hydrogen (secondary N) is 1. The number of carbonyl (C=O) groups excluding carboxylic acids is 1. The summed E-state index contributed by atoms with van der Waals surface area (Å²) < 4.78 is 6.94. The summed E-state index contributed by atoms with van der Waals surface area (Å²) >= 11 is 0. The molecule has 140 valence electrons. The zero-order chi connectivity index (χ0) is 18.5. The molecule has 0 spiro atoms. The van der Waals surface area contributed by atoms with Crippen LogP contribution in [-0.4, -0.2) is 64.0 Å². The number of amides is 2. The summed E-state index contributed by atoms with van der Waals surface area (Å²) in [5.74, 6) is 1.17. The smallest absolute Gasteiger partial charge is 0.318 e. The Bertz CT molecular complexity index is 740. The predicted octanol–water partition coefficient (Wildman–Crippen LogP) is 1.20. The molecule has 26 heavy (non-hydrogen) atoms. The lowest BCUT2D eigenvalue weighted by Crippen LogP contribution is -2.52. The molecular formula is C17H25N7O2. The largest absolute Gasteiger partial charge is 0.481 e. The lowest BCUT2D eigenvalue weighted by atomic mass is 10.1. The summed E-state index contributed by atoms with van der Waals surface area (Å²) in [5, 5.41) is 7.29. The van der Waals surface area contributed by atoms with Crippen LogP contribution in [0.3, 0.4) is 0 Å². The van der Waals surface area contributed by atoms with Gasteiger partial charge >= 0.3 is 6.03 Å². The van der Waals surface area contributed by atoms with Gasteiger partial charge in [-0.25, -0.2) is 9.78 Å². The van der Waals surface area contributed by atoms with E-state index >= 15 is 0 Å². The van der Waals surface area contributed by atoms with Crippen molar-refractivity contribution in [2.24, 2.45) is 7.05 Å². The topological polar surface area (TPSA) is 88.4 Å². The highest BCUT2D eigenvalue weighted by Gasteiger charge is 2.25. The van der Waals surface area contributed by atoms with E-state index in [2.05, 4.69) is 32.2 Å². The number of nitrogens with zero attached hydrogens (tertiary/aromatic N) is 6. The van der Waals surface area contributed by atoms with Gasteiger partial charge in [-0.05, 0) is 12.5 Å². The van der Waals surface area contributed by atoms with E-state index in [1.807, 2.05) is 18.0 Å². The molecule has 0 saturated carbocycles. The van der Waals surface area contributed by atoms with E-state index in [1.165, 1.54) is 0 Å². The molecule has 0 aromatic carbocycles. The van der Waals surface area contributed by atoms with Crippen molar-refractivity contribution in [1.82, 2.24) is 30.0 Å². The molecule has 0 bridgehead atoms. The molecule has 1 unspecified atom stereocenters. The fraction of sp³-hybridized carbons (Fsp3) is 0.529. The Morgan fingerprint density at radius 3 is 2.65 bits per heavy atom. The van der Waals surface area contributed by atoms with Crippen LogP contribution in [0.15, 0.2) is 24.5 Å². The van der Waals surface area contributed by atoms with Crippen molar-refractivity contribution in [1.29, 1.82) is 0 Å². The SMILES string of the molecule is CCC(NC(=O)N1CCN(c2nccc(OC)n2)CC1)c1ccnn1C. The van der Waals surface area contributed by atoms with Crippen LogP contribution in [-0.2, 0) is 7.05 Å². The number of urea groups is 1. The zero-order valence-electron chi connectivity index (χ0n) is 15.4. The highest BCUT2D eigenvalue weighted by Crippen LogP contribution is 2.17. The van der Waals surface area contributed by atoms with Gasteiger partial charge in [0.15, 0.2) is 0 Å². The maximum atomic E-state index is 12.6. The Kier molecular flexibility index (Phi) is 5.55. The second-order valence-corrected chi connectivity index (χ2v) is 6.16. The number of hydrogen-bond donors (Lipinski definition) is 1. The molecule has 2 aromatic heterocycles. The van der Waals surface area contributed by atoms with E-state index in [9.17, 15) is 4.79 Å². The molecule has 0 aliphatic carbocycles. The minimum Gasteiger partial charge on any atom is -0.481 e. The van der Waals surface area contributed by atoms with Gasteiger partial charge in [-0.1, -0.05) is 6.92 Å². The van der Waals surface area contributed by atoms with Crippen molar-refractivity contribution in [3.63, 3.8) is 0 Å². The number of ether oxygens (including phenoxy) is 1. The van der Waals surface area contributed by atoms with Gasteiger partial charge in [-0.15, -0.1) is 0 Å². The molecule has 0 radical (unpaired) electrons. The molecular weight excluding hydrogens is 334 g/mol. The molecule has 1 fully saturated rings. The van der Waals surface area contributed by atoms with Gasteiger partial charge in [0.2, 0.25) is 11.8 Å². The van der Waals surface area contributed by atoms with Crippen LogP contribution in [0.4, 0.5) is 10.7 Å². The Morgan fingerprint density at radius 2 is 2.04 bits per heavy atom. The van der Waals surface area contributed by atoms with Crippen LogP contribution < -0.4 is 15.0 Å². The fourth-order valence-corrected chi connectivity index (χ4v) is 3.06. The van der Waals surface area contributed by atoms with Crippen LogP contribution in [0.25, 0.3) is 0 Å². The number of rotatable bonds is 5. The average molecular weight is 359 g/mol. The number of piperazine rings is 1. The van der Waals surface area contributed by atoms with E-state index in [1.54, 1.807) is 30.3 Å². The Morgan fingerprint density at radius 1 is 1.27 bits per heavy atom. The van der Waals surface area contributed by atoms with Gasteiger partial charge in [-0.2, -0.15) is 10.1 Å². The summed E-state index contributed by atoms with van der Waals surface area (Å²) in [7, 11) is 3.47. The number of carbonyl (C=O) groups is 1. The molecule has 1 aliphatic heterocycles. The maximum absolute atomic E-state index is 12.6. The third-order valence-corrected chi connectivity index (χ3v) is 4.60. The van der Waals surface area contributed by atoms with Crippen LogP contribution in [0.1, 0.15) is 25.1 Å². The average Bonchev–Trinajstić information content (AvgIpc) is 3.12. The first-order valence-corrected chi connectivity index (χ1v) is 8.77. The molecule has 2 amide bonds. The normalized spacial score (nSPS) is 15.7. The number of aromatic nitrogens is 4. The summed E-state index contributed by atoms with van der Waals surface area (Å²) in [6, 6.07) is 3.56. The second-order valence-electron chi connectivity index (χ2n) is 6.16. The number of methoxy groups -OCH3 is 1. The summed E-state index contributed by atoms with van der Waals surface area (Å²) in [6.45, 7) is 4.66. The molecule has 9 heteroatoms. The number of aryl methyl sites for hydroxylation is 1. The monoisotopic (exact) mass is 359 g/mol. The first-order valence-electron chi connectivity index (χ1n) is 8.77. The van der Waals surface area contributed by atoms with Crippen molar-refractivity contribution in [3.8, 4) is 5.88 Å². The Balaban J connectivity index is 1.57. The van der Waals surface area contributed by atoms with Crippen LogP contribution in [0.2, 0.25) is 0 Å². The van der Waals surface area contributed by atoms with Crippen LogP contribution in [0.5, 0.6) is 5.88 Å². The Labute approximate surface area is 153 Å². The molecule has 1 aliphatic rings. The minimum absolute atomic E-state index is 0.0465. The van der Waals surface area contributed by atoms with Gasteiger partial charge in [0.1, 0.15) is 0 Å². The van der Waals surface area contributed by atoms with Crippen LogP contribution in [0, 0.1) is 0 Å². The third kappa shape index (κ3) is 3.87. The van der Waals surface area contributed by atoms with Gasteiger partial charge < -0.3 is 19.9 Å². The van der Waals surface area contributed by atoms with Gasteiger partial charge in [0.05, 0.1) is 18.8 Å². The van der Waals surface area contributed by atoms with Gasteiger partial charge in [-0.3, -0.25) is 4.68 Å². The van der Waals surface area contributed by atoms with Crippen molar-refractivity contribution in [2.45, 2.75) is 19.4 Å². The van der Waals surface area contributed by atoms with Crippen molar-refractivity contribution in [2.75, 3.05) is 38.2 Å². The molecule has 3 heterocycles. The first-order chi connectivity index (χ1) is 12.6. The minimum atomic E-state index is -0.0516. The lowest BCUT2D eigenvalue weighted by molar-refractivity contribution is 0.189. The van der Waals surface area contributed by atoms with E-state index < -0.39 is 0 Å². The van der Waals surface area contributed by atoms with Gasteiger partial charge in [0.25, 0.3) is 0 Å². The second kappa shape index (κ2) is 8.03. The van der Waals surface area contributed by atoms with Crippen molar-refractivity contribution < 1.29 is 9.53 Å². The number of hydrogen-bond acceptors (Lipinski definition) is 6. The molecule has 1 atom stereocenters. The van der Waals surface area contributed by atoms with Crippen molar-refractivity contribution in [3.05, 3.63) is 30.2 Å². The maximum Gasteiger partial charge on any atom is 0.318 e. The van der Waals surface area contributed by atoms with E-state index in [0.717, 1.165) is 12.1 Å². The van der Waals surface area contributed by atoms with E-state index in [4.69, 9.17) is 4.74 Å². The summed E-state index contributed by atoms with van der Waals surface area (Å²) in [6.07, 6.45) is 4.24. The van der Waals surface area contributed by atoms with E-state index in [0.29, 0.717) is 38.0 Å². The molecule has 3 rings (SSSR count). The highest BCUT2D eigenvalue weighted by atomic mass is 16.5. The van der Waals surface area contributed by atoms with Crippen LogP contribution >= 0.6 is 0 Å². The third-order valence-electron chi connectivity index (χ3n) is 4.60. The number of anilines is 1. The van der Waals surface area contributed by atoms with E-state index in [-0.39, 0.29) is 12.1 Å². The zero-order valence-corrected chi connectivity index (χ0v) is 15.4.